The van der Waals surface area contributed by atoms with Gasteiger partial charge in [-0.1, -0.05) is 73.5 Å². The van der Waals surface area contributed by atoms with E-state index in [2.05, 4.69) is 26.3 Å². The number of para-hydroxylation sites is 4. The molecule has 254 valence electrons. The second kappa shape index (κ2) is 16.4. The van der Waals surface area contributed by atoms with Gasteiger partial charge < -0.3 is 35.5 Å². The number of fused-ring (bicyclic) bond motifs is 1. The molecule has 10 heteroatoms. The van der Waals surface area contributed by atoms with Gasteiger partial charge in [0.25, 0.3) is 0 Å². The van der Waals surface area contributed by atoms with Crippen LogP contribution >= 0.6 is 0 Å². The number of aliphatic hydroxyl groups is 1. The summed E-state index contributed by atoms with van der Waals surface area (Å²) in [5.74, 6) is -0.124. The third-order valence-electron chi connectivity index (χ3n) is 8.78. The molecule has 3 unspecified atom stereocenters. The molecule has 49 heavy (non-hydrogen) atoms. The largest absolute Gasteiger partial charge is 0.397 e. The number of aliphatic hydroxyl groups excluding tert-OH is 1. The monoisotopic (exact) mass is 661 g/mol. The molecule has 2 heterocycles. The number of benzene rings is 4. The van der Waals surface area contributed by atoms with Gasteiger partial charge in [-0.15, -0.1) is 0 Å². The van der Waals surface area contributed by atoms with E-state index in [4.69, 9.17) is 15.2 Å². The van der Waals surface area contributed by atoms with Gasteiger partial charge >= 0.3 is 0 Å². The van der Waals surface area contributed by atoms with Gasteiger partial charge in [0.15, 0.2) is 6.29 Å². The number of rotatable bonds is 14. The van der Waals surface area contributed by atoms with E-state index in [-0.39, 0.29) is 30.6 Å². The number of imidazole rings is 1. The highest BCUT2D eigenvalue weighted by Gasteiger charge is 2.33. The van der Waals surface area contributed by atoms with Crippen molar-refractivity contribution in [2.24, 2.45) is 0 Å². The summed E-state index contributed by atoms with van der Waals surface area (Å²) < 4.78 is 15.2. The lowest BCUT2D eigenvalue weighted by Gasteiger charge is -2.36. The van der Waals surface area contributed by atoms with Crippen molar-refractivity contribution in [2.45, 2.75) is 76.6 Å². The van der Waals surface area contributed by atoms with Crippen LogP contribution in [0.5, 0.6) is 0 Å². The van der Waals surface area contributed by atoms with Crippen LogP contribution in [0.25, 0.3) is 11.0 Å². The number of amides is 2. The number of unbranched alkanes of at least 4 members (excludes halogenated alkanes) is 3. The van der Waals surface area contributed by atoms with Crippen LogP contribution in [0.15, 0.2) is 103 Å². The molecule has 1 aromatic heterocycles. The van der Waals surface area contributed by atoms with E-state index in [1.165, 1.54) is 0 Å². The summed E-state index contributed by atoms with van der Waals surface area (Å²) in [4.78, 5) is 29.6. The predicted octanol–water partition coefficient (Wildman–Crippen LogP) is 7.27. The number of ether oxygens (including phenoxy) is 2. The zero-order valence-electron chi connectivity index (χ0n) is 27.5. The van der Waals surface area contributed by atoms with E-state index in [1.807, 2.05) is 85.2 Å². The molecule has 0 aliphatic carbocycles. The average Bonchev–Trinajstić information content (AvgIpc) is 3.53. The molecule has 0 spiro atoms. The molecule has 1 saturated heterocycles. The first kappa shape index (κ1) is 33.9. The Morgan fingerprint density at radius 1 is 0.816 bits per heavy atom. The van der Waals surface area contributed by atoms with Crippen LogP contribution in [-0.2, 0) is 32.2 Å². The third-order valence-corrected chi connectivity index (χ3v) is 8.78. The summed E-state index contributed by atoms with van der Waals surface area (Å²) in [6.45, 7) is 0.588. The second-order valence-corrected chi connectivity index (χ2v) is 12.5. The Morgan fingerprint density at radius 2 is 1.55 bits per heavy atom. The molecular formula is C39H43N5O5. The Balaban J connectivity index is 1.03. The summed E-state index contributed by atoms with van der Waals surface area (Å²) in [6, 6.07) is 30.7. The Morgan fingerprint density at radius 3 is 2.33 bits per heavy atom. The van der Waals surface area contributed by atoms with Gasteiger partial charge in [-0.3, -0.25) is 9.59 Å². The summed E-state index contributed by atoms with van der Waals surface area (Å²) >= 11 is 0. The first-order valence-electron chi connectivity index (χ1n) is 16.9. The molecule has 5 N–H and O–H groups in total. The SMILES string of the molecule is Nc1ccccc1NC(=O)CCCCCCC(=O)Nc1cccc(C2OC(Cn3cnc4ccccc43)CC(c3ccc(CO)cc3)O2)c1. The molecule has 1 aliphatic rings. The summed E-state index contributed by atoms with van der Waals surface area (Å²) in [6.07, 6.45) is 5.43. The summed E-state index contributed by atoms with van der Waals surface area (Å²) in [5.41, 5.74) is 12.4. The lowest BCUT2D eigenvalue weighted by atomic mass is 10.00. The van der Waals surface area contributed by atoms with Crippen molar-refractivity contribution in [2.75, 3.05) is 16.4 Å². The minimum atomic E-state index is -0.650. The van der Waals surface area contributed by atoms with E-state index in [0.717, 1.165) is 53.4 Å². The van der Waals surface area contributed by atoms with Gasteiger partial charge in [0.1, 0.15) is 0 Å². The highest BCUT2D eigenvalue weighted by atomic mass is 16.7. The fraction of sp³-hybridized carbons (Fsp3) is 0.308. The zero-order valence-corrected chi connectivity index (χ0v) is 27.5. The maximum atomic E-state index is 12.8. The van der Waals surface area contributed by atoms with E-state index in [0.29, 0.717) is 42.9 Å². The Labute approximate surface area is 286 Å². The normalized spacial score (nSPS) is 17.5. The molecule has 0 radical (unpaired) electrons. The predicted molar refractivity (Wildman–Crippen MR) is 190 cm³/mol. The molecule has 2 amide bonds. The number of hydrogen-bond donors (Lipinski definition) is 4. The van der Waals surface area contributed by atoms with Crippen molar-refractivity contribution in [3.63, 3.8) is 0 Å². The van der Waals surface area contributed by atoms with Crippen LogP contribution in [0.3, 0.4) is 0 Å². The van der Waals surface area contributed by atoms with Crippen molar-refractivity contribution in [1.82, 2.24) is 9.55 Å². The first-order valence-corrected chi connectivity index (χ1v) is 16.9. The molecule has 3 atom stereocenters. The second-order valence-electron chi connectivity index (χ2n) is 12.5. The third kappa shape index (κ3) is 9.11. The van der Waals surface area contributed by atoms with Crippen LogP contribution in [0.2, 0.25) is 0 Å². The maximum Gasteiger partial charge on any atom is 0.224 e. The average molecular weight is 662 g/mol. The van der Waals surface area contributed by atoms with Gasteiger partial charge in [-0.2, -0.15) is 0 Å². The van der Waals surface area contributed by atoms with Gasteiger partial charge in [-0.25, -0.2) is 4.98 Å². The molecule has 6 rings (SSSR count). The number of nitrogens with zero attached hydrogens (tertiary/aromatic N) is 2. The van der Waals surface area contributed by atoms with Crippen LogP contribution in [0.1, 0.15) is 74.0 Å². The lowest BCUT2D eigenvalue weighted by molar-refractivity contribution is -0.252. The number of anilines is 3. The fourth-order valence-corrected chi connectivity index (χ4v) is 6.14. The molecular weight excluding hydrogens is 618 g/mol. The molecule has 1 fully saturated rings. The highest BCUT2D eigenvalue weighted by molar-refractivity contribution is 5.93. The molecule has 10 nitrogen and oxygen atoms in total. The Hall–Kier alpha value is -5.03. The summed E-state index contributed by atoms with van der Waals surface area (Å²) in [7, 11) is 0. The maximum absolute atomic E-state index is 12.8. The smallest absolute Gasteiger partial charge is 0.224 e. The molecule has 1 aliphatic heterocycles. The number of hydrogen-bond acceptors (Lipinski definition) is 7. The first-order chi connectivity index (χ1) is 23.9. The van der Waals surface area contributed by atoms with Crippen molar-refractivity contribution >= 4 is 39.9 Å². The van der Waals surface area contributed by atoms with Crippen LogP contribution < -0.4 is 16.4 Å². The van der Waals surface area contributed by atoms with Crippen molar-refractivity contribution in [1.29, 1.82) is 0 Å². The van der Waals surface area contributed by atoms with Gasteiger partial charge in [0.05, 0.1) is 54.1 Å². The van der Waals surface area contributed by atoms with Crippen molar-refractivity contribution < 1.29 is 24.2 Å². The van der Waals surface area contributed by atoms with E-state index in [9.17, 15) is 14.7 Å². The van der Waals surface area contributed by atoms with Crippen LogP contribution in [0.4, 0.5) is 17.1 Å². The molecule has 4 aromatic carbocycles. The molecule has 5 aromatic rings. The van der Waals surface area contributed by atoms with Crippen molar-refractivity contribution in [3.8, 4) is 0 Å². The lowest BCUT2D eigenvalue weighted by Crippen LogP contribution is -2.32. The number of aromatic nitrogens is 2. The van der Waals surface area contributed by atoms with Gasteiger partial charge in [0, 0.05) is 30.5 Å². The molecule has 0 saturated carbocycles. The number of carbonyl (C=O) groups is 2. The number of nitrogen functional groups attached to an aromatic ring is 1. The van der Waals surface area contributed by atoms with E-state index >= 15 is 0 Å². The van der Waals surface area contributed by atoms with Crippen molar-refractivity contribution in [3.05, 3.63) is 120 Å². The highest BCUT2D eigenvalue weighted by Crippen LogP contribution is 2.39. The van der Waals surface area contributed by atoms with E-state index < -0.39 is 6.29 Å². The Kier molecular flexibility index (Phi) is 11.3. The zero-order chi connectivity index (χ0) is 34.0. The topological polar surface area (TPSA) is 141 Å². The summed E-state index contributed by atoms with van der Waals surface area (Å²) in [5, 5.41) is 15.4. The van der Waals surface area contributed by atoms with E-state index in [1.54, 1.807) is 12.1 Å². The minimum Gasteiger partial charge on any atom is -0.397 e. The number of carbonyl (C=O) groups excluding carboxylic acids is 2. The fourth-order valence-electron chi connectivity index (χ4n) is 6.14. The minimum absolute atomic E-state index is 0.0173. The van der Waals surface area contributed by atoms with Gasteiger partial charge in [0.2, 0.25) is 11.8 Å². The quantitative estimate of drug-likeness (QED) is 0.0724. The number of nitrogens with one attached hydrogen (secondary N) is 2. The molecule has 0 bridgehead atoms. The van der Waals surface area contributed by atoms with Crippen LogP contribution in [-0.4, -0.2) is 32.6 Å². The van der Waals surface area contributed by atoms with Crippen LogP contribution in [0, 0.1) is 0 Å². The number of nitrogens with two attached hydrogens (primary N) is 1. The standard InChI is InChI=1S/C39H43N5O5/c40-32-12-5-6-13-33(32)43-38(47)17-4-2-1-3-16-37(46)42-30-11-9-10-29(22-30)39-48-31(24-44-26-41-34-14-7-8-15-35(34)44)23-36(49-39)28-20-18-27(25-45)19-21-28/h5-15,18-22,26,31,36,39,45H,1-4,16-17,23-25,40H2,(H,42,46)(H,43,47). The van der Waals surface area contributed by atoms with Gasteiger partial charge in [-0.05, 0) is 60.4 Å². The Bertz CT molecular complexity index is 1860.